The van der Waals surface area contributed by atoms with E-state index < -0.39 is 12.7 Å². The van der Waals surface area contributed by atoms with Gasteiger partial charge < -0.3 is 26.0 Å². The lowest BCUT2D eigenvalue weighted by Gasteiger charge is -2.18. The van der Waals surface area contributed by atoms with Crippen molar-refractivity contribution in [2.45, 2.75) is 32.1 Å². The first-order valence-electron chi connectivity index (χ1n) is 5.74. The molecule has 0 spiro atoms. The number of aliphatic hydroxyl groups excluding tert-OH is 2. The zero-order valence-electron chi connectivity index (χ0n) is 11.7. The molecule has 0 radical (unpaired) electrons. The molecule has 1 unspecified atom stereocenters. The number of hydrogen-bond donors (Lipinski definition) is 5. The number of rotatable bonds is 6. The van der Waals surface area contributed by atoms with Gasteiger partial charge in [-0.25, -0.2) is 0 Å². The van der Waals surface area contributed by atoms with Crippen molar-refractivity contribution < 1.29 is 25.1 Å². The summed E-state index contributed by atoms with van der Waals surface area (Å²) in [5.41, 5.74) is 5.03. The fraction of sp³-hybridized carbons (Fsp3) is 0.583. The standard InChI is InChI=1S/C6H13NO.C3H7BO2.C3H6O2/c1-3-4-6(2,7)5-8;1-2-3-4(5)6;1-3(5)2-4/h3,8H,1,4-5,7H2,2H3;2,5-6H,1,3H2;4H,2H2,1H3. The lowest BCUT2D eigenvalue weighted by atomic mass is 9.87. The van der Waals surface area contributed by atoms with Crippen LogP contribution in [0.15, 0.2) is 25.3 Å². The molecule has 0 aliphatic carbocycles. The van der Waals surface area contributed by atoms with Crippen LogP contribution in [0.2, 0.25) is 6.32 Å². The number of carbonyl (C=O) groups is 1. The Morgan fingerprint density at radius 3 is 1.79 bits per heavy atom. The van der Waals surface area contributed by atoms with Crippen molar-refractivity contribution in [3.63, 3.8) is 0 Å². The van der Waals surface area contributed by atoms with E-state index in [2.05, 4.69) is 13.2 Å². The van der Waals surface area contributed by atoms with Crippen molar-refractivity contribution in [2.24, 2.45) is 5.73 Å². The van der Waals surface area contributed by atoms with Gasteiger partial charge in [0.2, 0.25) is 0 Å². The summed E-state index contributed by atoms with van der Waals surface area (Å²) in [4.78, 5) is 9.56. The van der Waals surface area contributed by atoms with E-state index in [9.17, 15) is 4.79 Å². The Morgan fingerprint density at radius 2 is 1.74 bits per heavy atom. The molecule has 112 valence electrons. The van der Waals surface area contributed by atoms with Gasteiger partial charge in [0.25, 0.3) is 0 Å². The minimum absolute atomic E-state index is 0.0129. The van der Waals surface area contributed by atoms with Crippen molar-refractivity contribution in [1.82, 2.24) is 0 Å². The van der Waals surface area contributed by atoms with Gasteiger partial charge in [-0.1, -0.05) is 12.2 Å². The average Bonchev–Trinajstić information content (AvgIpc) is 2.30. The lowest BCUT2D eigenvalue weighted by molar-refractivity contribution is -0.119. The van der Waals surface area contributed by atoms with Crippen LogP contribution in [0.1, 0.15) is 20.3 Å². The smallest absolute Gasteiger partial charge is 0.427 e. The monoisotopic (exact) mass is 275 g/mol. The Balaban J connectivity index is -0.000000209. The van der Waals surface area contributed by atoms with Crippen molar-refractivity contribution in [2.75, 3.05) is 13.2 Å². The summed E-state index contributed by atoms with van der Waals surface area (Å²) >= 11 is 0. The SMILES string of the molecule is C=CCB(O)O.C=CCC(C)(N)CO.CC(=O)CO. The second-order valence-corrected chi connectivity index (χ2v) is 4.17. The highest BCUT2D eigenvalue weighted by atomic mass is 16.4. The number of aliphatic hydroxyl groups is 2. The Hall–Kier alpha value is -0.985. The topological polar surface area (TPSA) is 124 Å². The highest BCUT2D eigenvalue weighted by molar-refractivity contribution is 6.41. The summed E-state index contributed by atoms with van der Waals surface area (Å²) in [6, 6.07) is 0. The number of Topliss-reactive ketones (excluding diaryl/α,β-unsaturated/α-hetero) is 1. The van der Waals surface area contributed by atoms with Gasteiger partial charge >= 0.3 is 7.12 Å². The van der Waals surface area contributed by atoms with E-state index >= 15 is 0 Å². The van der Waals surface area contributed by atoms with E-state index in [4.69, 9.17) is 26.0 Å². The summed E-state index contributed by atoms with van der Waals surface area (Å²) in [7, 11) is -1.22. The second-order valence-electron chi connectivity index (χ2n) is 4.17. The molecule has 0 fully saturated rings. The summed E-state index contributed by atoms with van der Waals surface area (Å²) in [5, 5.41) is 32.4. The number of nitrogens with two attached hydrogens (primary N) is 1. The normalized spacial score (nSPS) is 11.7. The molecule has 0 aliphatic heterocycles. The molecule has 0 saturated heterocycles. The molecule has 6 N–H and O–H groups in total. The lowest BCUT2D eigenvalue weighted by Crippen LogP contribution is -2.39. The maximum Gasteiger partial charge on any atom is 0.455 e. The third-order valence-corrected chi connectivity index (χ3v) is 1.57. The third-order valence-electron chi connectivity index (χ3n) is 1.57. The number of hydrogen-bond acceptors (Lipinski definition) is 6. The van der Waals surface area contributed by atoms with Crippen molar-refractivity contribution in [3.05, 3.63) is 25.3 Å². The summed E-state index contributed by atoms with van der Waals surface area (Å²) in [5.74, 6) is -0.190. The van der Waals surface area contributed by atoms with E-state index in [1.807, 2.05) is 0 Å². The van der Waals surface area contributed by atoms with Crippen LogP contribution in [0.4, 0.5) is 0 Å². The Labute approximate surface area is 115 Å². The van der Waals surface area contributed by atoms with Gasteiger partial charge in [-0.2, -0.15) is 0 Å². The quantitative estimate of drug-likeness (QED) is 0.328. The fourth-order valence-corrected chi connectivity index (χ4v) is 0.543. The van der Waals surface area contributed by atoms with Gasteiger partial charge in [-0.3, -0.25) is 4.79 Å². The zero-order valence-corrected chi connectivity index (χ0v) is 11.7. The van der Waals surface area contributed by atoms with Gasteiger partial charge in [0.15, 0.2) is 5.78 Å². The molecule has 0 saturated carbocycles. The van der Waals surface area contributed by atoms with E-state index in [1.165, 1.54) is 13.0 Å². The van der Waals surface area contributed by atoms with Gasteiger partial charge in [0.05, 0.1) is 6.61 Å². The van der Waals surface area contributed by atoms with Crippen molar-refractivity contribution in [1.29, 1.82) is 0 Å². The molecule has 0 aromatic heterocycles. The van der Waals surface area contributed by atoms with E-state index in [0.717, 1.165) is 0 Å². The Kier molecular flexibility index (Phi) is 18.4. The van der Waals surface area contributed by atoms with Crippen molar-refractivity contribution in [3.8, 4) is 0 Å². The fourth-order valence-electron chi connectivity index (χ4n) is 0.543. The predicted molar refractivity (Wildman–Crippen MR) is 77.5 cm³/mol. The predicted octanol–water partition coefficient (Wildman–Crippen LogP) is -0.515. The van der Waals surface area contributed by atoms with Crippen LogP contribution in [-0.2, 0) is 4.79 Å². The van der Waals surface area contributed by atoms with E-state index in [-0.39, 0.29) is 25.3 Å². The maximum atomic E-state index is 9.56. The molecule has 6 nitrogen and oxygen atoms in total. The van der Waals surface area contributed by atoms with Crippen molar-refractivity contribution >= 4 is 12.9 Å². The second kappa shape index (κ2) is 15.1. The summed E-state index contributed by atoms with van der Waals surface area (Å²) in [6.07, 6.45) is 4.06. The molecule has 0 aliphatic rings. The van der Waals surface area contributed by atoms with Gasteiger partial charge in [0.1, 0.15) is 6.61 Å². The first kappa shape index (κ1) is 23.1. The zero-order chi connectivity index (χ0) is 15.9. The summed E-state index contributed by atoms with van der Waals surface area (Å²) in [6.45, 7) is 9.58. The number of ketones is 1. The largest absolute Gasteiger partial charge is 0.455 e. The number of allylic oxidation sites excluding steroid dienone is 1. The van der Waals surface area contributed by atoms with Crippen LogP contribution in [0.5, 0.6) is 0 Å². The molecule has 19 heavy (non-hydrogen) atoms. The average molecular weight is 275 g/mol. The minimum atomic E-state index is -1.22. The van der Waals surface area contributed by atoms with Crippen LogP contribution in [0.25, 0.3) is 0 Å². The van der Waals surface area contributed by atoms with Crippen LogP contribution < -0.4 is 5.73 Å². The molecule has 1 atom stereocenters. The Bertz CT molecular complexity index is 244. The maximum absolute atomic E-state index is 9.56. The minimum Gasteiger partial charge on any atom is -0.427 e. The van der Waals surface area contributed by atoms with E-state index in [0.29, 0.717) is 6.42 Å². The third kappa shape index (κ3) is 31.6. The molecule has 0 heterocycles. The highest BCUT2D eigenvalue weighted by Gasteiger charge is 2.13. The molecule has 0 aromatic carbocycles. The van der Waals surface area contributed by atoms with Crippen LogP contribution in [0, 0.1) is 0 Å². The number of carbonyl (C=O) groups excluding carboxylic acids is 1. The molecule has 0 amide bonds. The molecule has 0 aromatic rings. The van der Waals surface area contributed by atoms with Crippen LogP contribution in [-0.4, -0.2) is 51.9 Å². The van der Waals surface area contributed by atoms with Crippen LogP contribution in [0.3, 0.4) is 0 Å². The van der Waals surface area contributed by atoms with Gasteiger partial charge in [-0.15, -0.1) is 13.2 Å². The summed E-state index contributed by atoms with van der Waals surface area (Å²) < 4.78 is 0. The molecule has 0 rings (SSSR count). The Morgan fingerprint density at radius 1 is 1.32 bits per heavy atom. The highest BCUT2D eigenvalue weighted by Crippen LogP contribution is 2.02. The molecule has 7 heteroatoms. The van der Waals surface area contributed by atoms with E-state index in [1.54, 1.807) is 13.0 Å². The van der Waals surface area contributed by atoms with Gasteiger partial charge in [0, 0.05) is 5.54 Å². The molecule has 0 bridgehead atoms. The molecular formula is C12H26BNO5. The first-order valence-corrected chi connectivity index (χ1v) is 5.74. The van der Waals surface area contributed by atoms with Gasteiger partial charge in [-0.05, 0) is 26.6 Å². The first-order chi connectivity index (χ1) is 8.66. The molecular weight excluding hydrogens is 249 g/mol. The van der Waals surface area contributed by atoms with Crippen LogP contribution >= 0.6 is 0 Å².